The van der Waals surface area contributed by atoms with E-state index in [-0.39, 0.29) is 0 Å². The third-order valence-corrected chi connectivity index (χ3v) is 2.75. The van der Waals surface area contributed by atoms with E-state index in [1.165, 1.54) is 11.1 Å². The summed E-state index contributed by atoms with van der Waals surface area (Å²) in [6, 6.07) is 10.6. The molecule has 1 aliphatic rings. The second-order valence-electron chi connectivity index (χ2n) is 3.82. The Morgan fingerprint density at radius 3 is 2.57 bits per heavy atom. The van der Waals surface area contributed by atoms with Gasteiger partial charge in [0.05, 0.1) is 0 Å². The molecule has 72 valence electrons. The highest BCUT2D eigenvalue weighted by Crippen LogP contribution is 2.29. The van der Waals surface area contributed by atoms with Crippen LogP contribution >= 0.6 is 0 Å². The summed E-state index contributed by atoms with van der Waals surface area (Å²) in [5.41, 5.74) is 9.40. The Hall–Kier alpha value is -1.50. The first-order valence-corrected chi connectivity index (χ1v) is 4.96. The molecule has 0 aromatic heterocycles. The van der Waals surface area contributed by atoms with E-state index in [4.69, 9.17) is 5.73 Å². The molecular formula is C13H15N. The van der Waals surface area contributed by atoms with Crippen LogP contribution in [0.3, 0.4) is 0 Å². The van der Waals surface area contributed by atoms with Gasteiger partial charge in [-0.2, -0.15) is 0 Å². The predicted molar refractivity (Wildman–Crippen MR) is 59.8 cm³/mol. The summed E-state index contributed by atoms with van der Waals surface area (Å²) in [4.78, 5) is 0. The van der Waals surface area contributed by atoms with Crippen LogP contribution in [0.2, 0.25) is 0 Å². The molecule has 0 heterocycles. The summed E-state index contributed by atoms with van der Waals surface area (Å²) in [5, 5.41) is 0. The molecular weight excluding hydrogens is 170 g/mol. The molecule has 0 saturated carbocycles. The Morgan fingerprint density at radius 1 is 1.21 bits per heavy atom. The Bertz CT molecular complexity index is 373. The standard InChI is InChI=1S/C13H15N/c1-10-9-12(7-8-13(10)14)11-5-3-2-4-6-11/h2-8,12H,9,14H2,1H3. The molecule has 1 aromatic carbocycles. The maximum Gasteiger partial charge on any atom is 0.0300 e. The minimum absolute atomic E-state index is 0.503. The number of hydrogen-bond acceptors (Lipinski definition) is 1. The predicted octanol–water partition coefficient (Wildman–Crippen LogP) is 2.96. The molecule has 1 unspecified atom stereocenters. The highest BCUT2D eigenvalue weighted by molar-refractivity contribution is 5.34. The summed E-state index contributed by atoms with van der Waals surface area (Å²) in [6.07, 6.45) is 5.26. The van der Waals surface area contributed by atoms with Gasteiger partial charge >= 0.3 is 0 Å². The zero-order valence-electron chi connectivity index (χ0n) is 8.40. The van der Waals surface area contributed by atoms with Crippen LogP contribution in [0, 0.1) is 0 Å². The Kier molecular flexibility index (Phi) is 2.40. The summed E-state index contributed by atoms with van der Waals surface area (Å²) in [5.74, 6) is 0.503. The van der Waals surface area contributed by atoms with Gasteiger partial charge in [-0.3, -0.25) is 0 Å². The Labute approximate surface area is 84.9 Å². The van der Waals surface area contributed by atoms with Crippen molar-refractivity contribution < 1.29 is 0 Å². The van der Waals surface area contributed by atoms with Crippen LogP contribution in [-0.2, 0) is 0 Å². The molecule has 0 amide bonds. The maximum absolute atomic E-state index is 5.81. The molecule has 0 spiro atoms. The van der Waals surface area contributed by atoms with Gasteiger partial charge in [0.25, 0.3) is 0 Å². The summed E-state index contributed by atoms with van der Waals surface area (Å²) < 4.78 is 0. The monoisotopic (exact) mass is 185 g/mol. The molecule has 1 atom stereocenters. The van der Waals surface area contributed by atoms with E-state index in [2.05, 4.69) is 37.3 Å². The second-order valence-corrected chi connectivity index (χ2v) is 3.82. The highest BCUT2D eigenvalue weighted by atomic mass is 14.6. The molecule has 0 fully saturated rings. The van der Waals surface area contributed by atoms with E-state index in [0.29, 0.717) is 5.92 Å². The zero-order valence-corrected chi connectivity index (χ0v) is 8.40. The average Bonchev–Trinajstić information content (AvgIpc) is 2.23. The Balaban J connectivity index is 2.22. The molecule has 1 heteroatoms. The van der Waals surface area contributed by atoms with Crippen molar-refractivity contribution in [3.05, 3.63) is 59.3 Å². The van der Waals surface area contributed by atoms with Gasteiger partial charge in [0.1, 0.15) is 0 Å². The van der Waals surface area contributed by atoms with Crippen LogP contribution in [0.4, 0.5) is 0 Å². The fourth-order valence-corrected chi connectivity index (χ4v) is 1.81. The molecule has 2 rings (SSSR count). The second kappa shape index (κ2) is 3.70. The summed E-state index contributed by atoms with van der Waals surface area (Å²) in [7, 11) is 0. The minimum Gasteiger partial charge on any atom is -0.399 e. The van der Waals surface area contributed by atoms with Crippen molar-refractivity contribution >= 4 is 0 Å². The fraction of sp³-hybridized carbons (Fsp3) is 0.231. The smallest absolute Gasteiger partial charge is 0.0300 e. The van der Waals surface area contributed by atoms with Gasteiger partial charge in [-0.25, -0.2) is 0 Å². The van der Waals surface area contributed by atoms with Crippen molar-refractivity contribution in [2.24, 2.45) is 5.73 Å². The van der Waals surface area contributed by atoms with Crippen molar-refractivity contribution in [3.8, 4) is 0 Å². The van der Waals surface area contributed by atoms with Gasteiger partial charge in [0.15, 0.2) is 0 Å². The number of rotatable bonds is 1. The largest absolute Gasteiger partial charge is 0.399 e. The van der Waals surface area contributed by atoms with Gasteiger partial charge in [-0.05, 0) is 30.6 Å². The van der Waals surface area contributed by atoms with E-state index < -0.39 is 0 Å². The number of nitrogens with two attached hydrogens (primary N) is 1. The van der Waals surface area contributed by atoms with Crippen LogP contribution in [0.15, 0.2) is 53.8 Å². The summed E-state index contributed by atoms with van der Waals surface area (Å²) >= 11 is 0. The van der Waals surface area contributed by atoms with E-state index in [0.717, 1.165) is 12.1 Å². The molecule has 14 heavy (non-hydrogen) atoms. The van der Waals surface area contributed by atoms with Crippen LogP contribution in [0.25, 0.3) is 0 Å². The third kappa shape index (κ3) is 1.72. The van der Waals surface area contributed by atoms with Gasteiger partial charge in [-0.1, -0.05) is 36.4 Å². The SMILES string of the molecule is CC1=C(N)C=CC(c2ccccc2)C1. The third-order valence-electron chi connectivity index (χ3n) is 2.75. The zero-order chi connectivity index (χ0) is 9.97. The number of benzene rings is 1. The van der Waals surface area contributed by atoms with Gasteiger partial charge in [0, 0.05) is 11.6 Å². The van der Waals surface area contributed by atoms with E-state index >= 15 is 0 Å². The highest BCUT2D eigenvalue weighted by Gasteiger charge is 2.13. The van der Waals surface area contributed by atoms with Crippen molar-refractivity contribution in [1.82, 2.24) is 0 Å². The van der Waals surface area contributed by atoms with Crippen molar-refractivity contribution in [2.75, 3.05) is 0 Å². The first-order valence-electron chi connectivity index (χ1n) is 4.96. The quantitative estimate of drug-likeness (QED) is 0.715. The van der Waals surface area contributed by atoms with E-state index in [1.54, 1.807) is 0 Å². The molecule has 1 nitrogen and oxygen atoms in total. The van der Waals surface area contributed by atoms with Crippen LogP contribution in [0.1, 0.15) is 24.8 Å². The lowest BCUT2D eigenvalue weighted by atomic mass is 9.88. The van der Waals surface area contributed by atoms with Crippen molar-refractivity contribution in [1.29, 1.82) is 0 Å². The normalized spacial score (nSPS) is 21.4. The number of hydrogen-bond donors (Lipinski definition) is 1. The molecule has 1 aliphatic carbocycles. The first kappa shape index (κ1) is 9.07. The topological polar surface area (TPSA) is 26.0 Å². The van der Waals surface area contributed by atoms with E-state index in [1.807, 2.05) is 12.1 Å². The lowest BCUT2D eigenvalue weighted by Crippen LogP contribution is -2.07. The van der Waals surface area contributed by atoms with Gasteiger partial charge in [-0.15, -0.1) is 0 Å². The lowest BCUT2D eigenvalue weighted by molar-refractivity contribution is 0.799. The molecule has 1 aromatic rings. The minimum atomic E-state index is 0.503. The van der Waals surface area contributed by atoms with Gasteiger partial charge < -0.3 is 5.73 Å². The molecule has 0 radical (unpaired) electrons. The summed E-state index contributed by atoms with van der Waals surface area (Å²) in [6.45, 7) is 2.11. The average molecular weight is 185 g/mol. The fourth-order valence-electron chi connectivity index (χ4n) is 1.81. The lowest BCUT2D eigenvalue weighted by Gasteiger charge is -2.18. The molecule has 0 bridgehead atoms. The van der Waals surface area contributed by atoms with Crippen LogP contribution in [0.5, 0.6) is 0 Å². The van der Waals surface area contributed by atoms with Crippen molar-refractivity contribution in [3.63, 3.8) is 0 Å². The molecule has 0 saturated heterocycles. The van der Waals surface area contributed by atoms with Crippen LogP contribution < -0.4 is 5.73 Å². The van der Waals surface area contributed by atoms with Crippen molar-refractivity contribution in [2.45, 2.75) is 19.3 Å². The molecule has 0 aliphatic heterocycles. The van der Waals surface area contributed by atoms with Crippen LogP contribution in [-0.4, -0.2) is 0 Å². The number of allylic oxidation sites excluding steroid dienone is 3. The first-order chi connectivity index (χ1) is 6.77. The maximum atomic E-state index is 5.81. The van der Waals surface area contributed by atoms with Gasteiger partial charge in [0.2, 0.25) is 0 Å². The molecule has 2 N–H and O–H groups in total. The van der Waals surface area contributed by atoms with E-state index in [9.17, 15) is 0 Å². The Morgan fingerprint density at radius 2 is 1.93 bits per heavy atom.